The number of aliphatic hydroxyl groups is 1. The highest BCUT2D eigenvalue weighted by molar-refractivity contribution is 6.51. The Hall–Kier alpha value is -4.79. The van der Waals surface area contributed by atoms with Gasteiger partial charge in [0.15, 0.2) is 0 Å². The zero-order chi connectivity index (χ0) is 26.7. The molecule has 1 heterocycles. The fourth-order valence-corrected chi connectivity index (χ4v) is 4.32. The first-order valence-electron chi connectivity index (χ1n) is 11.2. The van der Waals surface area contributed by atoms with Crippen LogP contribution in [-0.2, 0) is 14.3 Å². The lowest BCUT2D eigenvalue weighted by Gasteiger charge is -2.26. The standard InChI is InChI=1S/C28H25NO8/c1-34-19-13-11-16(12-14-19)24-23(25(30)22-20(35-2)9-6-10-21(22)36-3)26(31)27(32)29(24)18-8-5-7-17(15-18)28(33)37-4/h5-15,24,30H,1-4H3/b25-23+. The van der Waals surface area contributed by atoms with Crippen molar-refractivity contribution in [1.82, 2.24) is 0 Å². The maximum absolute atomic E-state index is 13.5. The number of carbonyl (C=O) groups excluding carboxylic acids is 3. The molecule has 1 N–H and O–H groups in total. The minimum Gasteiger partial charge on any atom is -0.506 e. The molecule has 3 aromatic carbocycles. The molecule has 1 unspecified atom stereocenters. The molecule has 0 radical (unpaired) electrons. The van der Waals surface area contributed by atoms with E-state index < -0.39 is 29.5 Å². The van der Waals surface area contributed by atoms with Crippen molar-refractivity contribution in [1.29, 1.82) is 0 Å². The van der Waals surface area contributed by atoms with Gasteiger partial charge in [0.25, 0.3) is 11.7 Å². The number of hydrogen-bond acceptors (Lipinski definition) is 8. The summed E-state index contributed by atoms with van der Waals surface area (Å²) in [6.07, 6.45) is 0. The second kappa shape index (κ2) is 10.4. The van der Waals surface area contributed by atoms with Crippen LogP contribution in [0.4, 0.5) is 5.69 Å². The molecule has 0 aromatic heterocycles. The van der Waals surface area contributed by atoms with Crippen molar-refractivity contribution in [3.63, 3.8) is 0 Å². The number of aliphatic hydroxyl groups excluding tert-OH is 1. The maximum atomic E-state index is 13.5. The van der Waals surface area contributed by atoms with E-state index in [4.69, 9.17) is 18.9 Å². The van der Waals surface area contributed by atoms with Gasteiger partial charge in [0.1, 0.15) is 28.6 Å². The lowest BCUT2D eigenvalue weighted by atomic mass is 9.94. The predicted molar refractivity (Wildman–Crippen MR) is 135 cm³/mol. The molecule has 1 aliphatic rings. The predicted octanol–water partition coefficient (Wildman–Crippen LogP) is 4.13. The molecule has 1 amide bonds. The molecule has 1 saturated heterocycles. The van der Waals surface area contributed by atoms with Crippen molar-refractivity contribution >= 4 is 29.1 Å². The molecular weight excluding hydrogens is 478 g/mol. The van der Waals surface area contributed by atoms with Gasteiger partial charge >= 0.3 is 5.97 Å². The smallest absolute Gasteiger partial charge is 0.337 e. The number of methoxy groups -OCH3 is 4. The molecule has 37 heavy (non-hydrogen) atoms. The molecule has 9 heteroatoms. The number of esters is 1. The molecule has 190 valence electrons. The second-order valence-corrected chi connectivity index (χ2v) is 8.02. The van der Waals surface area contributed by atoms with Crippen LogP contribution in [-0.4, -0.2) is 51.2 Å². The number of ether oxygens (including phenoxy) is 4. The molecular formula is C28H25NO8. The summed E-state index contributed by atoms with van der Waals surface area (Å²) in [6.45, 7) is 0. The highest BCUT2D eigenvalue weighted by atomic mass is 16.5. The summed E-state index contributed by atoms with van der Waals surface area (Å²) in [4.78, 5) is 40.3. The first-order chi connectivity index (χ1) is 17.9. The maximum Gasteiger partial charge on any atom is 0.337 e. The fraction of sp³-hybridized carbons (Fsp3) is 0.179. The second-order valence-electron chi connectivity index (χ2n) is 8.02. The summed E-state index contributed by atoms with van der Waals surface area (Å²) in [5.41, 5.74) is 0.964. The summed E-state index contributed by atoms with van der Waals surface area (Å²) < 4.78 is 20.9. The van der Waals surface area contributed by atoms with Crippen LogP contribution < -0.4 is 19.1 Å². The van der Waals surface area contributed by atoms with Crippen molar-refractivity contribution in [3.05, 3.63) is 89.0 Å². The van der Waals surface area contributed by atoms with E-state index >= 15 is 0 Å². The lowest BCUT2D eigenvalue weighted by molar-refractivity contribution is -0.132. The quantitative estimate of drug-likeness (QED) is 0.222. The Morgan fingerprint density at radius 1 is 0.838 bits per heavy atom. The third kappa shape index (κ3) is 4.47. The molecule has 3 aromatic rings. The van der Waals surface area contributed by atoms with Crippen LogP contribution in [0.25, 0.3) is 5.76 Å². The van der Waals surface area contributed by atoms with E-state index in [0.717, 1.165) is 0 Å². The van der Waals surface area contributed by atoms with Crippen LogP contribution in [0.3, 0.4) is 0 Å². The van der Waals surface area contributed by atoms with Gasteiger partial charge in [-0.2, -0.15) is 0 Å². The van der Waals surface area contributed by atoms with Crippen molar-refractivity contribution < 1.29 is 38.4 Å². The molecule has 0 bridgehead atoms. The third-order valence-corrected chi connectivity index (χ3v) is 6.09. The molecule has 9 nitrogen and oxygen atoms in total. The molecule has 0 spiro atoms. The molecule has 1 atom stereocenters. The largest absolute Gasteiger partial charge is 0.506 e. The average Bonchev–Trinajstić information content (AvgIpc) is 3.21. The summed E-state index contributed by atoms with van der Waals surface area (Å²) in [5, 5.41) is 11.5. The van der Waals surface area contributed by atoms with Crippen LogP contribution in [0.15, 0.2) is 72.3 Å². The highest BCUT2D eigenvalue weighted by Crippen LogP contribution is 2.45. The number of nitrogens with zero attached hydrogens (tertiary/aromatic N) is 1. The van der Waals surface area contributed by atoms with Crippen LogP contribution in [0.2, 0.25) is 0 Å². The normalized spacial score (nSPS) is 16.4. The van der Waals surface area contributed by atoms with Gasteiger partial charge < -0.3 is 24.1 Å². The number of amides is 1. The lowest BCUT2D eigenvalue weighted by Crippen LogP contribution is -2.29. The number of rotatable bonds is 7. The van der Waals surface area contributed by atoms with Crippen LogP contribution >= 0.6 is 0 Å². The number of Topliss-reactive ketones (excluding diaryl/α,β-unsaturated/α-hetero) is 1. The Kier molecular flexibility index (Phi) is 7.15. The fourth-order valence-electron chi connectivity index (χ4n) is 4.32. The molecule has 1 fully saturated rings. The van der Waals surface area contributed by atoms with Crippen LogP contribution in [0.1, 0.15) is 27.5 Å². The minimum atomic E-state index is -1.03. The number of ketones is 1. The van der Waals surface area contributed by atoms with E-state index in [1.807, 2.05) is 0 Å². The summed E-state index contributed by atoms with van der Waals surface area (Å²) >= 11 is 0. The summed E-state index contributed by atoms with van der Waals surface area (Å²) in [5.74, 6) is -1.76. The Labute approximate surface area is 213 Å². The summed E-state index contributed by atoms with van der Waals surface area (Å²) in [7, 11) is 5.61. The van der Waals surface area contributed by atoms with Gasteiger partial charge in [-0.3, -0.25) is 14.5 Å². The molecule has 1 aliphatic heterocycles. The number of carbonyl (C=O) groups is 3. The molecule has 0 aliphatic carbocycles. The Balaban J connectivity index is 1.99. The van der Waals surface area contributed by atoms with Gasteiger partial charge in [-0.25, -0.2) is 4.79 Å². The number of hydrogen-bond donors (Lipinski definition) is 1. The number of benzene rings is 3. The van der Waals surface area contributed by atoms with E-state index in [1.165, 1.54) is 45.5 Å². The Bertz CT molecular complexity index is 1370. The van der Waals surface area contributed by atoms with E-state index in [-0.39, 0.29) is 33.9 Å². The van der Waals surface area contributed by atoms with Crippen LogP contribution in [0, 0.1) is 0 Å². The average molecular weight is 504 g/mol. The van der Waals surface area contributed by atoms with E-state index in [9.17, 15) is 19.5 Å². The van der Waals surface area contributed by atoms with Crippen LogP contribution in [0.5, 0.6) is 17.2 Å². The first-order valence-corrected chi connectivity index (χ1v) is 11.2. The molecule has 4 rings (SSSR count). The van der Waals surface area contributed by atoms with E-state index in [2.05, 4.69) is 0 Å². The van der Waals surface area contributed by atoms with Gasteiger partial charge in [-0.05, 0) is 48.0 Å². The third-order valence-electron chi connectivity index (χ3n) is 6.09. The van der Waals surface area contributed by atoms with Gasteiger partial charge in [0.05, 0.1) is 45.6 Å². The van der Waals surface area contributed by atoms with Crippen molar-refractivity contribution in [2.45, 2.75) is 6.04 Å². The van der Waals surface area contributed by atoms with E-state index in [0.29, 0.717) is 11.3 Å². The van der Waals surface area contributed by atoms with Gasteiger partial charge in [0.2, 0.25) is 0 Å². The zero-order valence-electron chi connectivity index (χ0n) is 20.7. The number of anilines is 1. The SMILES string of the molecule is COC(=O)c1cccc(N2C(=O)C(=O)/C(=C(/O)c3c(OC)cccc3OC)C2c2ccc(OC)cc2)c1. The highest BCUT2D eigenvalue weighted by Gasteiger charge is 2.47. The zero-order valence-corrected chi connectivity index (χ0v) is 20.7. The minimum absolute atomic E-state index is 0.132. The van der Waals surface area contributed by atoms with Crippen molar-refractivity contribution in [2.24, 2.45) is 0 Å². The van der Waals surface area contributed by atoms with Crippen molar-refractivity contribution in [2.75, 3.05) is 33.3 Å². The van der Waals surface area contributed by atoms with Gasteiger partial charge in [0, 0.05) is 5.69 Å². The summed E-state index contributed by atoms with van der Waals surface area (Å²) in [6, 6.07) is 16.8. The van der Waals surface area contributed by atoms with Gasteiger partial charge in [-0.1, -0.05) is 24.3 Å². The first kappa shape index (κ1) is 25.3. The van der Waals surface area contributed by atoms with Crippen molar-refractivity contribution in [3.8, 4) is 17.2 Å². The topological polar surface area (TPSA) is 112 Å². The molecule has 0 saturated carbocycles. The Morgan fingerprint density at radius 3 is 2.03 bits per heavy atom. The van der Waals surface area contributed by atoms with Gasteiger partial charge in [-0.15, -0.1) is 0 Å². The van der Waals surface area contributed by atoms with E-state index in [1.54, 1.807) is 54.6 Å². The Morgan fingerprint density at radius 2 is 1.46 bits per heavy atom. The monoisotopic (exact) mass is 503 g/mol.